The van der Waals surface area contributed by atoms with Gasteiger partial charge in [0.2, 0.25) is 16.6 Å². The van der Waals surface area contributed by atoms with E-state index in [1.165, 1.54) is 39.3 Å². The Hall–Kier alpha value is -0.106. The molecule has 0 saturated carbocycles. The predicted octanol–water partition coefficient (Wildman–Crippen LogP) is 2.48. The van der Waals surface area contributed by atoms with Crippen molar-refractivity contribution in [3.63, 3.8) is 0 Å². The Morgan fingerprint density at radius 1 is 0.654 bits per heavy atom. The minimum absolute atomic E-state index is 1.40. The Kier molecular flexibility index (Phi) is 8.06. The summed E-state index contributed by atoms with van der Waals surface area (Å²) in [7, 11) is -15.4. The molecule has 0 aliphatic carbocycles. The summed E-state index contributed by atoms with van der Waals surface area (Å²) in [5.74, 6) is -10.1. The molecule has 0 aliphatic rings. The molecule has 0 aromatic carbocycles. The van der Waals surface area contributed by atoms with Crippen molar-refractivity contribution in [1.82, 2.24) is 0 Å². The largest absolute Gasteiger partial charge is 0.390 e. The first kappa shape index (κ1) is 25.9. The number of alkyl halides is 4. The first-order valence-corrected chi connectivity index (χ1v) is 16.5. The molecule has 0 spiro atoms. The zero-order valence-electron chi connectivity index (χ0n) is 15.0. The lowest BCUT2D eigenvalue weighted by Crippen LogP contribution is -2.49. The fourth-order valence-corrected chi connectivity index (χ4v) is 7.03. The highest BCUT2D eigenvalue weighted by Crippen LogP contribution is 2.36. The van der Waals surface area contributed by atoms with Crippen LogP contribution in [0.5, 0.6) is 0 Å². The van der Waals surface area contributed by atoms with Crippen molar-refractivity contribution < 1.29 is 50.5 Å². The van der Waals surface area contributed by atoms with Gasteiger partial charge in [0.15, 0.2) is 0 Å². The molecule has 8 nitrogen and oxygen atoms in total. The van der Waals surface area contributed by atoms with Crippen molar-refractivity contribution >= 4 is 37.4 Å². The van der Waals surface area contributed by atoms with Crippen molar-refractivity contribution in [2.24, 2.45) is 0 Å². The molecule has 0 aromatic heterocycles. The van der Waals surface area contributed by atoms with E-state index in [0.29, 0.717) is 0 Å². The standard InChI is InChI=1S/C10H22F4O8S2Si2/c1-25(2,3)21-23(15,16)19-7-9(11,12)10(13,14)8-20-24(17,18)22-26(4,5)6/h7-8H2,1-6H3. The fraction of sp³-hybridized carbons (Fsp3) is 1.00. The summed E-state index contributed by atoms with van der Waals surface area (Å²) in [5, 5.41) is 0. The maximum Gasteiger partial charge on any atom is 0.390 e. The molecule has 0 amide bonds. The minimum atomic E-state index is -5.06. The third-order valence-electron chi connectivity index (χ3n) is 2.01. The zero-order valence-corrected chi connectivity index (χ0v) is 18.6. The lowest BCUT2D eigenvalue weighted by Gasteiger charge is -2.26. The number of hydrogen-bond acceptors (Lipinski definition) is 8. The third kappa shape index (κ3) is 10.3. The van der Waals surface area contributed by atoms with Crippen molar-refractivity contribution in [2.45, 2.75) is 51.1 Å². The molecule has 0 heterocycles. The molecular formula is C10H22F4O8S2Si2. The van der Waals surface area contributed by atoms with E-state index >= 15 is 0 Å². The van der Waals surface area contributed by atoms with Crippen LogP contribution in [0.2, 0.25) is 39.3 Å². The number of hydrogen-bond donors (Lipinski definition) is 0. The van der Waals surface area contributed by atoms with E-state index in [0.717, 1.165) is 0 Å². The normalized spacial score (nSPS) is 15.3. The summed E-state index contributed by atoms with van der Waals surface area (Å²) >= 11 is 0. The summed E-state index contributed by atoms with van der Waals surface area (Å²) in [5.41, 5.74) is 0. The summed E-state index contributed by atoms with van der Waals surface area (Å²) in [6, 6.07) is 0. The first-order valence-electron chi connectivity index (χ1n) is 7.03. The molecule has 26 heavy (non-hydrogen) atoms. The highest BCUT2D eigenvalue weighted by atomic mass is 32.3. The van der Waals surface area contributed by atoms with E-state index in [4.69, 9.17) is 0 Å². The third-order valence-corrected chi connectivity index (χ3v) is 8.45. The van der Waals surface area contributed by atoms with E-state index in [1.807, 2.05) is 0 Å². The van der Waals surface area contributed by atoms with Crippen LogP contribution in [0, 0.1) is 0 Å². The highest BCUT2D eigenvalue weighted by Gasteiger charge is 2.58. The van der Waals surface area contributed by atoms with Gasteiger partial charge in [-0.1, -0.05) is 0 Å². The maximum atomic E-state index is 13.6. The van der Waals surface area contributed by atoms with Gasteiger partial charge in [-0.2, -0.15) is 34.4 Å². The van der Waals surface area contributed by atoms with Crippen molar-refractivity contribution in [1.29, 1.82) is 0 Å². The Balaban J connectivity index is 5.00. The van der Waals surface area contributed by atoms with Crippen molar-refractivity contribution in [2.75, 3.05) is 13.2 Å². The molecule has 0 fully saturated rings. The van der Waals surface area contributed by atoms with E-state index in [2.05, 4.69) is 16.1 Å². The molecule has 158 valence electrons. The number of rotatable bonds is 11. The zero-order chi connectivity index (χ0) is 21.2. The van der Waals surface area contributed by atoms with Crippen LogP contribution in [0.25, 0.3) is 0 Å². The van der Waals surface area contributed by atoms with Gasteiger partial charge >= 0.3 is 32.6 Å². The van der Waals surface area contributed by atoms with E-state index in [-0.39, 0.29) is 0 Å². The Bertz CT molecular complexity index is 623. The molecule has 0 rings (SSSR count). The summed E-state index contributed by atoms with van der Waals surface area (Å²) in [4.78, 5) is 0. The second-order valence-corrected chi connectivity index (χ2v) is 19.0. The topological polar surface area (TPSA) is 105 Å². The molecule has 0 aromatic rings. The number of halogens is 4. The fourth-order valence-electron chi connectivity index (χ4n) is 1.16. The first-order chi connectivity index (χ1) is 11.1. The Labute approximate surface area is 152 Å². The van der Waals surface area contributed by atoms with E-state index in [1.54, 1.807) is 0 Å². The lowest BCUT2D eigenvalue weighted by molar-refractivity contribution is -0.232. The molecule has 0 radical (unpaired) electrons. The summed E-state index contributed by atoms with van der Waals surface area (Å²) < 4.78 is 116. The average molecular weight is 467 g/mol. The minimum Gasteiger partial charge on any atom is -0.294 e. The van der Waals surface area contributed by atoms with Crippen LogP contribution in [0.1, 0.15) is 0 Å². The van der Waals surface area contributed by atoms with Gasteiger partial charge in [0.1, 0.15) is 13.2 Å². The summed E-state index contributed by atoms with van der Waals surface area (Å²) in [6.45, 7) is 3.89. The lowest BCUT2D eigenvalue weighted by atomic mass is 10.2. The summed E-state index contributed by atoms with van der Waals surface area (Å²) in [6.07, 6.45) is 0. The Morgan fingerprint density at radius 2 is 0.885 bits per heavy atom. The van der Waals surface area contributed by atoms with Gasteiger partial charge in [-0.3, -0.25) is 7.74 Å². The molecule has 0 N–H and O–H groups in total. The molecule has 0 aliphatic heterocycles. The van der Waals surface area contributed by atoms with Gasteiger partial charge in [0.25, 0.3) is 0 Å². The van der Waals surface area contributed by atoms with Crippen LogP contribution >= 0.6 is 0 Å². The predicted molar refractivity (Wildman–Crippen MR) is 88.5 cm³/mol. The van der Waals surface area contributed by atoms with Gasteiger partial charge in [0.05, 0.1) is 0 Å². The van der Waals surface area contributed by atoms with Gasteiger partial charge < -0.3 is 0 Å². The smallest absolute Gasteiger partial charge is 0.294 e. The van der Waals surface area contributed by atoms with Crippen molar-refractivity contribution in [3.8, 4) is 0 Å². The molecule has 0 unspecified atom stereocenters. The monoisotopic (exact) mass is 466 g/mol. The van der Waals surface area contributed by atoms with Gasteiger partial charge in [0, 0.05) is 0 Å². The second kappa shape index (κ2) is 8.10. The van der Waals surface area contributed by atoms with Crippen LogP contribution < -0.4 is 0 Å². The molecule has 0 bridgehead atoms. The second-order valence-electron chi connectivity index (χ2n) is 7.14. The van der Waals surface area contributed by atoms with Crippen LogP contribution in [-0.4, -0.2) is 58.5 Å². The SMILES string of the molecule is C[Si](C)(C)OS(=O)(=O)OCC(F)(F)C(F)(F)COS(=O)(=O)O[Si](C)(C)C. The molecule has 0 saturated heterocycles. The van der Waals surface area contributed by atoms with Crippen LogP contribution in [0.15, 0.2) is 0 Å². The molecular weight excluding hydrogens is 444 g/mol. The quantitative estimate of drug-likeness (QED) is 0.338. The van der Waals surface area contributed by atoms with Gasteiger partial charge in [-0.25, -0.2) is 8.37 Å². The van der Waals surface area contributed by atoms with E-state index in [9.17, 15) is 34.4 Å². The van der Waals surface area contributed by atoms with Crippen molar-refractivity contribution in [3.05, 3.63) is 0 Å². The maximum absolute atomic E-state index is 13.6. The average Bonchev–Trinajstić information content (AvgIpc) is 2.28. The molecule has 0 atom stereocenters. The Morgan fingerprint density at radius 3 is 1.08 bits per heavy atom. The van der Waals surface area contributed by atoms with Crippen LogP contribution in [0.3, 0.4) is 0 Å². The highest BCUT2D eigenvalue weighted by molar-refractivity contribution is 7.83. The molecule has 16 heteroatoms. The van der Waals surface area contributed by atoms with Crippen LogP contribution in [0.4, 0.5) is 17.6 Å². The van der Waals surface area contributed by atoms with Gasteiger partial charge in [-0.05, 0) is 39.3 Å². The van der Waals surface area contributed by atoms with Crippen LogP contribution in [-0.2, 0) is 36.9 Å². The van der Waals surface area contributed by atoms with Gasteiger partial charge in [-0.15, -0.1) is 0 Å². The van der Waals surface area contributed by atoms with E-state index < -0.39 is 62.5 Å².